The van der Waals surface area contributed by atoms with Crippen LogP contribution in [0.25, 0.3) is 11.0 Å². The fraction of sp³-hybridized carbons (Fsp3) is 0.444. The molecule has 5 nitrogen and oxygen atoms in total. The van der Waals surface area contributed by atoms with E-state index in [1.807, 2.05) is 24.3 Å². The van der Waals surface area contributed by atoms with E-state index >= 15 is 0 Å². The van der Waals surface area contributed by atoms with Crippen LogP contribution in [0.15, 0.2) is 34.7 Å². The van der Waals surface area contributed by atoms with Crippen molar-refractivity contribution in [2.75, 3.05) is 7.11 Å². The summed E-state index contributed by atoms with van der Waals surface area (Å²) in [5.41, 5.74) is -0.285. The molecule has 1 aliphatic carbocycles. The van der Waals surface area contributed by atoms with Crippen molar-refractivity contribution in [1.29, 1.82) is 0 Å². The van der Waals surface area contributed by atoms with Gasteiger partial charge in [0.25, 0.3) is 5.91 Å². The Bertz CT molecular complexity index is 678. The van der Waals surface area contributed by atoms with Crippen LogP contribution < -0.4 is 5.32 Å². The lowest BCUT2D eigenvalue weighted by Gasteiger charge is -2.30. The van der Waals surface area contributed by atoms with Crippen molar-refractivity contribution in [3.63, 3.8) is 0 Å². The number of carbonyl (C=O) groups excluding carboxylic acids is 2. The maximum atomic E-state index is 12.6. The minimum absolute atomic E-state index is 0.221. The Kier molecular flexibility index (Phi) is 4.37. The molecule has 0 bridgehead atoms. The Labute approximate surface area is 135 Å². The second kappa shape index (κ2) is 6.44. The highest BCUT2D eigenvalue weighted by Gasteiger charge is 2.41. The number of benzene rings is 1. The first-order chi connectivity index (χ1) is 11.1. The molecule has 0 atom stereocenters. The number of rotatable bonds is 3. The third-order valence-corrected chi connectivity index (χ3v) is 4.54. The van der Waals surface area contributed by atoms with Gasteiger partial charge in [-0.2, -0.15) is 0 Å². The molecule has 23 heavy (non-hydrogen) atoms. The standard InChI is InChI=1S/C18H21NO4/c1-22-17(21)18(10-6-2-3-7-11-18)19-16(20)15-12-13-8-4-5-9-14(13)23-15/h4-5,8-9,12H,2-3,6-7,10-11H2,1H3,(H,19,20). The molecule has 1 aromatic carbocycles. The molecule has 2 aromatic rings. The summed E-state index contributed by atoms with van der Waals surface area (Å²) in [5.74, 6) is -0.518. The van der Waals surface area contributed by atoms with Crippen molar-refractivity contribution >= 4 is 22.8 Å². The maximum absolute atomic E-state index is 12.6. The average Bonchev–Trinajstić information content (AvgIpc) is 2.87. The third kappa shape index (κ3) is 3.09. The van der Waals surface area contributed by atoms with Crippen LogP contribution in [-0.4, -0.2) is 24.5 Å². The van der Waals surface area contributed by atoms with Gasteiger partial charge in [-0.3, -0.25) is 4.79 Å². The van der Waals surface area contributed by atoms with E-state index in [9.17, 15) is 9.59 Å². The van der Waals surface area contributed by atoms with E-state index < -0.39 is 5.54 Å². The molecule has 3 rings (SSSR count). The van der Waals surface area contributed by atoms with Crippen LogP contribution in [0.4, 0.5) is 0 Å². The Balaban J connectivity index is 1.86. The number of esters is 1. The third-order valence-electron chi connectivity index (χ3n) is 4.54. The maximum Gasteiger partial charge on any atom is 0.331 e. The number of methoxy groups -OCH3 is 1. The summed E-state index contributed by atoms with van der Waals surface area (Å²) in [4.78, 5) is 24.9. The number of furan rings is 1. The zero-order chi connectivity index (χ0) is 16.3. The van der Waals surface area contributed by atoms with Crippen molar-refractivity contribution in [3.8, 4) is 0 Å². The number of amides is 1. The van der Waals surface area contributed by atoms with Gasteiger partial charge in [0, 0.05) is 5.39 Å². The fourth-order valence-electron chi connectivity index (χ4n) is 3.28. The number of hydrogen-bond acceptors (Lipinski definition) is 4. The molecule has 1 saturated carbocycles. The SMILES string of the molecule is COC(=O)C1(NC(=O)c2cc3ccccc3o2)CCCCCC1. The molecule has 122 valence electrons. The predicted molar refractivity (Wildman–Crippen MR) is 86.1 cm³/mol. The van der Waals surface area contributed by atoms with Crippen LogP contribution in [0.5, 0.6) is 0 Å². The highest BCUT2D eigenvalue weighted by Crippen LogP contribution is 2.29. The number of nitrogens with one attached hydrogen (secondary N) is 1. The largest absolute Gasteiger partial charge is 0.467 e. The first-order valence-electron chi connectivity index (χ1n) is 8.04. The average molecular weight is 315 g/mol. The van der Waals surface area contributed by atoms with Gasteiger partial charge in [-0.1, -0.05) is 43.9 Å². The van der Waals surface area contributed by atoms with Crippen LogP contribution in [0.3, 0.4) is 0 Å². The van der Waals surface area contributed by atoms with E-state index in [2.05, 4.69) is 5.32 Å². The van der Waals surface area contributed by atoms with Crippen LogP contribution in [0, 0.1) is 0 Å². The van der Waals surface area contributed by atoms with Crippen LogP contribution in [0.2, 0.25) is 0 Å². The molecule has 1 aliphatic rings. The lowest BCUT2D eigenvalue weighted by molar-refractivity contribution is -0.148. The minimum atomic E-state index is -0.943. The van der Waals surface area contributed by atoms with Gasteiger partial charge in [0.05, 0.1) is 7.11 Å². The smallest absolute Gasteiger partial charge is 0.331 e. The minimum Gasteiger partial charge on any atom is -0.467 e. The fourth-order valence-corrected chi connectivity index (χ4v) is 3.28. The molecule has 0 spiro atoms. The Morgan fingerprint density at radius 3 is 2.48 bits per heavy atom. The lowest BCUT2D eigenvalue weighted by Crippen LogP contribution is -2.54. The van der Waals surface area contributed by atoms with E-state index in [0.29, 0.717) is 18.4 Å². The summed E-state index contributed by atoms with van der Waals surface area (Å²) in [6.45, 7) is 0. The second-order valence-corrected chi connectivity index (χ2v) is 6.09. The number of ether oxygens (including phenoxy) is 1. The summed E-state index contributed by atoms with van der Waals surface area (Å²) in [7, 11) is 1.36. The van der Waals surface area contributed by atoms with Gasteiger partial charge in [-0.15, -0.1) is 0 Å². The van der Waals surface area contributed by atoms with E-state index in [0.717, 1.165) is 31.1 Å². The number of carbonyl (C=O) groups is 2. The van der Waals surface area contributed by atoms with E-state index in [1.165, 1.54) is 7.11 Å². The van der Waals surface area contributed by atoms with Crippen LogP contribution in [-0.2, 0) is 9.53 Å². The molecule has 1 aromatic heterocycles. The van der Waals surface area contributed by atoms with Crippen molar-refractivity contribution in [2.45, 2.75) is 44.1 Å². The number of fused-ring (bicyclic) bond motifs is 1. The van der Waals surface area contributed by atoms with Gasteiger partial charge in [0.15, 0.2) is 5.76 Å². The molecule has 1 fully saturated rings. The van der Waals surface area contributed by atoms with Gasteiger partial charge >= 0.3 is 5.97 Å². The predicted octanol–water partition coefficient (Wildman–Crippen LogP) is 3.43. The van der Waals surface area contributed by atoms with Crippen molar-refractivity contribution in [2.24, 2.45) is 0 Å². The summed E-state index contributed by atoms with van der Waals surface area (Å²) >= 11 is 0. The van der Waals surface area contributed by atoms with Crippen molar-refractivity contribution in [1.82, 2.24) is 5.32 Å². The molecule has 0 aliphatic heterocycles. The van der Waals surface area contributed by atoms with Gasteiger partial charge in [0.2, 0.25) is 0 Å². The zero-order valence-corrected chi connectivity index (χ0v) is 13.3. The van der Waals surface area contributed by atoms with Gasteiger partial charge in [-0.25, -0.2) is 4.79 Å². The summed E-state index contributed by atoms with van der Waals surface area (Å²) in [6, 6.07) is 9.15. The van der Waals surface area contributed by atoms with Crippen LogP contribution >= 0.6 is 0 Å². The highest BCUT2D eigenvalue weighted by molar-refractivity contribution is 5.99. The number of para-hydroxylation sites is 1. The van der Waals surface area contributed by atoms with Gasteiger partial charge < -0.3 is 14.5 Å². The monoisotopic (exact) mass is 315 g/mol. The summed E-state index contributed by atoms with van der Waals surface area (Å²) in [5, 5.41) is 3.76. The first kappa shape index (κ1) is 15.6. The van der Waals surface area contributed by atoms with E-state index in [4.69, 9.17) is 9.15 Å². The molecule has 0 unspecified atom stereocenters. The van der Waals surface area contributed by atoms with Crippen molar-refractivity contribution < 1.29 is 18.7 Å². The highest BCUT2D eigenvalue weighted by atomic mass is 16.5. The summed E-state index contributed by atoms with van der Waals surface area (Å²) < 4.78 is 10.6. The number of hydrogen-bond donors (Lipinski definition) is 1. The van der Waals surface area contributed by atoms with Crippen molar-refractivity contribution in [3.05, 3.63) is 36.1 Å². The first-order valence-corrected chi connectivity index (χ1v) is 8.04. The van der Waals surface area contributed by atoms with Gasteiger partial charge in [-0.05, 0) is 25.0 Å². The van der Waals surface area contributed by atoms with E-state index in [-0.39, 0.29) is 17.6 Å². The Morgan fingerprint density at radius 1 is 1.13 bits per heavy atom. The molecule has 1 heterocycles. The molecule has 1 N–H and O–H groups in total. The topological polar surface area (TPSA) is 68.5 Å². The Hall–Kier alpha value is -2.30. The molecular formula is C18H21NO4. The molecular weight excluding hydrogens is 294 g/mol. The Morgan fingerprint density at radius 2 is 1.83 bits per heavy atom. The second-order valence-electron chi connectivity index (χ2n) is 6.09. The molecule has 0 radical (unpaired) electrons. The normalized spacial score (nSPS) is 17.4. The van der Waals surface area contributed by atoms with Crippen LogP contribution in [0.1, 0.15) is 49.1 Å². The molecule has 1 amide bonds. The lowest BCUT2D eigenvalue weighted by atomic mass is 9.90. The zero-order valence-electron chi connectivity index (χ0n) is 13.3. The summed E-state index contributed by atoms with van der Waals surface area (Å²) in [6.07, 6.45) is 5.14. The van der Waals surface area contributed by atoms with E-state index in [1.54, 1.807) is 6.07 Å². The van der Waals surface area contributed by atoms with Gasteiger partial charge in [0.1, 0.15) is 11.1 Å². The quantitative estimate of drug-likeness (QED) is 0.696. The molecule has 0 saturated heterocycles. The molecule has 5 heteroatoms.